The van der Waals surface area contributed by atoms with Gasteiger partial charge in [-0.25, -0.2) is 13.8 Å². The van der Waals surface area contributed by atoms with Crippen LogP contribution in [0.25, 0.3) is 10.9 Å². The Balaban J connectivity index is 1.56. The Kier molecular flexibility index (Phi) is 3.89. The maximum atomic E-state index is 15.0. The minimum atomic E-state index is -0.807. The highest BCUT2D eigenvalue weighted by atomic mass is 19.1. The van der Waals surface area contributed by atoms with Crippen molar-refractivity contribution in [3.8, 4) is 11.5 Å². The summed E-state index contributed by atoms with van der Waals surface area (Å²) in [7, 11) is 0. The molecule has 5 rings (SSSR count). The Labute approximate surface area is 161 Å². The largest absolute Gasteiger partial charge is 0.455 e. The van der Waals surface area contributed by atoms with E-state index in [1.165, 1.54) is 18.3 Å². The molecule has 0 bridgehead atoms. The van der Waals surface area contributed by atoms with Gasteiger partial charge < -0.3 is 14.2 Å². The van der Waals surface area contributed by atoms with Crippen molar-refractivity contribution < 1.29 is 23.0 Å². The summed E-state index contributed by atoms with van der Waals surface area (Å²) >= 11 is 0. The summed E-state index contributed by atoms with van der Waals surface area (Å²) in [5.74, 6) is -0.765. The van der Waals surface area contributed by atoms with Crippen molar-refractivity contribution >= 4 is 10.9 Å². The van der Waals surface area contributed by atoms with E-state index in [0.29, 0.717) is 42.1 Å². The SMILES string of the molecule is CC1(c2c(F)cccc2Oc2cnc3c(F)cccc3c2)CCC12OCCO2. The van der Waals surface area contributed by atoms with Gasteiger partial charge in [0.05, 0.1) is 24.8 Å². The van der Waals surface area contributed by atoms with Crippen molar-refractivity contribution in [1.29, 1.82) is 0 Å². The standard InChI is InChI=1S/C22H19F2NO3/c1-21(8-9-22(21)26-10-11-27-22)19-16(23)5-3-7-18(19)28-15-12-14-4-2-6-17(24)20(14)25-13-15/h2-7,12-13H,8-11H2,1H3. The molecule has 3 aromatic rings. The van der Waals surface area contributed by atoms with Gasteiger partial charge >= 0.3 is 0 Å². The summed E-state index contributed by atoms with van der Waals surface area (Å²) < 4.78 is 46.6. The van der Waals surface area contributed by atoms with Gasteiger partial charge in [0.1, 0.15) is 28.7 Å². The summed E-state index contributed by atoms with van der Waals surface area (Å²) in [6.45, 7) is 2.95. The van der Waals surface area contributed by atoms with Crippen LogP contribution in [0.4, 0.5) is 8.78 Å². The number of nitrogens with zero attached hydrogens (tertiary/aromatic N) is 1. The van der Waals surface area contributed by atoms with Crippen molar-refractivity contribution in [3.63, 3.8) is 0 Å². The van der Waals surface area contributed by atoms with Crippen LogP contribution in [0.5, 0.6) is 11.5 Å². The zero-order chi connectivity index (χ0) is 19.4. The van der Waals surface area contributed by atoms with Crippen molar-refractivity contribution in [2.24, 2.45) is 0 Å². The average Bonchev–Trinajstić information content (AvgIpc) is 3.20. The van der Waals surface area contributed by atoms with Gasteiger partial charge in [-0.3, -0.25) is 0 Å². The van der Waals surface area contributed by atoms with Crippen molar-refractivity contribution in [3.05, 3.63) is 65.9 Å². The first-order valence-corrected chi connectivity index (χ1v) is 9.31. The van der Waals surface area contributed by atoms with Gasteiger partial charge in [0, 0.05) is 17.4 Å². The molecule has 0 radical (unpaired) electrons. The highest BCUT2D eigenvalue weighted by molar-refractivity contribution is 5.80. The Bertz CT molecular complexity index is 1060. The monoisotopic (exact) mass is 383 g/mol. The summed E-state index contributed by atoms with van der Waals surface area (Å²) in [6, 6.07) is 11.2. The lowest BCUT2D eigenvalue weighted by Gasteiger charge is -2.54. The number of halogens is 2. The molecular weight excluding hydrogens is 364 g/mol. The number of hydrogen-bond acceptors (Lipinski definition) is 4. The smallest absolute Gasteiger partial charge is 0.178 e. The molecule has 2 aliphatic rings. The first-order valence-electron chi connectivity index (χ1n) is 9.31. The minimum Gasteiger partial charge on any atom is -0.455 e. The molecule has 2 fully saturated rings. The lowest BCUT2D eigenvalue weighted by Crippen LogP contribution is -2.59. The molecule has 1 atom stereocenters. The van der Waals surface area contributed by atoms with Crippen LogP contribution < -0.4 is 4.74 Å². The number of aromatic nitrogens is 1. The second-order valence-electron chi connectivity index (χ2n) is 7.48. The third kappa shape index (κ3) is 2.45. The van der Waals surface area contributed by atoms with Gasteiger partial charge in [0.15, 0.2) is 5.79 Å². The molecule has 6 heteroatoms. The van der Waals surface area contributed by atoms with E-state index in [1.807, 2.05) is 6.92 Å². The molecule has 1 aromatic heterocycles. The molecule has 1 aliphatic carbocycles. The van der Waals surface area contributed by atoms with Gasteiger partial charge in [0.2, 0.25) is 0 Å². The normalized spacial score (nSPS) is 23.1. The Hall–Kier alpha value is -2.57. The van der Waals surface area contributed by atoms with E-state index < -0.39 is 17.0 Å². The van der Waals surface area contributed by atoms with Gasteiger partial charge in [-0.1, -0.05) is 25.1 Å². The molecule has 2 heterocycles. The molecule has 1 spiro atoms. The molecule has 4 nitrogen and oxygen atoms in total. The van der Waals surface area contributed by atoms with Gasteiger partial charge in [-0.15, -0.1) is 0 Å². The topological polar surface area (TPSA) is 40.6 Å². The third-order valence-corrected chi connectivity index (χ3v) is 5.94. The van der Waals surface area contributed by atoms with Crippen LogP contribution in [0.3, 0.4) is 0 Å². The van der Waals surface area contributed by atoms with Gasteiger partial charge in [0.25, 0.3) is 0 Å². The summed E-state index contributed by atoms with van der Waals surface area (Å²) in [5.41, 5.74) is 0.0510. The number of benzene rings is 2. The molecule has 144 valence electrons. The highest BCUT2D eigenvalue weighted by Crippen LogP contribution is 2.58. The quantitative estimate of drug-likeness (QED) is 0.631. The van der Waals surface area contributed by atoms with E-state index in [4.69, 9.17) is 14.2 Å². The van der Waals surface area contributed by atoms with E-state index in [1.54, 1.807) is 30.3 Å². The number of rotatable bonds is 3. The van der Waals surface area contributed by atoms with E-state index in [9.17, 15) is 8.78 Å². The summed E-state index contributed by atoms with van der Waals surface area (Å²) in [5, 5.41) is 0.615. The van der Waals surface area contributed by atoms with E-state index in [0.717, 1.165) is 6.42 Å². The molecule has 1 saturated heterocycles. The van der Waals surface area contributed by atoms with Gasteiger partial charge in [-0.2, -0.15) is 0 Å². The number of pyridine rings is 1. The number of para-hydroxylation sites is 1. The maximum absolute atomic E-state index is 15.0. The Morgan fingerprint density at radius 1 is 1.00 bits per heavy atom. The van der Waals surface area contributed by atoms with Crippen molar-refractivity contribution in [2.75, 3.05) is 13.2 Å². The molecule has 2 aromatic carbocycles. The van der Waals surface area contributed by atoms with Crippen molar-refractivity contribution in [2.45, 2.75) is 31.0 Å². The zero-order valence-corrected chi connectivity index (χ0v) is 15.4. The predicted octanol–water partition coefficient (Wildman–Crippen LogP) is 5.10. The lowest BCUT2D eigenvalue weighted by atomic mass is 9.60. The second-order valence-corrected chi connectivity index (χ2v) is 7.48. The first-order chi connectivity index (χ1) is 13.5. The van der Waals surface area contributed by atoms with E-state index >= 15 is 0 Å². The second kappa shape index (κ2) is 6.22. The number of hydrogen-bond donors (Lipinski definition) is 0. The molecule has 1 saturated carbocycles. The van der Waals surface area contributed by atoms with Crippen LogP contribution in [-0.2, 0) is 14.9 Å². The number of fused-ring (bicyclic) bond motifs is 1. The van der Waals surface area contributed by atoms with Crippen LogP contribution in [-0.4, -0.2) is 24.0 Å². The molecule has 28 heavy (non-hydrogen) atoms. The maximum Gasteiger partial charge on any atom is 0.178 e. The van der Waals surface area contributed by atoms with Crippen LogP contribution >= 0.6 is 0 Å². The van der Waals surface area contributed by atoms with Gasteiger partial charge in [-0.05, 0) is 30.7 Å². The minimum absolute atomic E-state index is 0.270. The van der Waals surface area contributed by atoms with Crippen LogP contribution in [0.2, 0.25) is 0 Å². The average molecular weight is 383 g/mol. The molecular formula is C22H19F2NO3. The summed E-state index contributed by atoms with van der Waals surface area (Å²) in [6.07, 6.45) is 2.89. The third-order valence-electron chi connectivity index (χ3n) is 5.94. The lowest BCUT2D eigenvalue weighted by molar-refractivity contribution is -0.260. The van der Waals surface area contributed by atoms with Crippen LogP contribution in [0, 0.1) is 11.6 Å². The fourth-order valence-electron chi connectivity index (χ4n) is 4.35. The van der Waals surface area contributed by atoms with Crippen LogP contribution in [0.1, 0.15) is 25.3 Å². The zero-order valence-electron chi connectivity index (χ0n) is 15.4. The Morgan fingerprint density at radius 3 is 2.50 bits per heavy atom. The Morgan fingerprint density at radius 2 is 1.75 bits per heavy atom. The summed E-state index contributed by atoms with van der Waals surface area (Å²) in [4.78, 5) is 4.15. The predicted molar refractivity (Wildman–Crippen MR) is 99.4 cm³/mol. The van der Waals surface area contributed by atoms with Crippen LogP contribution in [0.15, 0.2) is 48.7 Å². The molecule has 0 N–H and O–H groups in total. The van der Waals surface area contributed by atoms with E-state index in [2.05, 4.69) is 4.98 Å². The molecule has 0 amide bonds. The van der Waals surface area contributed by atoms with E-state index in [-0.39, 0.29) is 11.3 Å². The molecule has 1 unspecified atom stereocenters. The first kappa shape index (κ1) is 17.5. The highest BCUT2D eigenvalue weighted by Gasteiger charge is 2.63. The fourth-order valence-corrected chi connectivity index (χ4v) is 4.35. The number of ether oxygens (including phenoxy) is 3. The fraction of sp³-hybridized carbons (Fsp3) is 0.318. The van der Waals surface area contributed by atoms with Crippen molar-refractivity contribution in [1.82, 2.24) is 4.98 Å². The molecule has 1 aliphatic heterocycles.